The molecule has 0 aromatic heterocycles. The van der Waals surface area contributed by atoms with Crippen molar-refractivity contribution >= 4 is 5.91 Å². The summed E-state index contributed by atoms with van der Waals surface area (Å²) in [6.07, 6.45) is 7.91. The second kappa shape index (κ2) is 5.73. The Bertz CT molecular complexity index is 452. The predicted molar refractivity (Wildman–Crippen MR) is 89.8 cm³/mol. The lowest BCUT2D eigenvalue weighted by Crippen LogP contribution is -2.56. The highest BCUT2D eigenvalue weighted by atomic mass is 16.5. The van der Waals surface area contributed by atoms with Crippen molar-refractivity contribution in [3.8, 4) is 0 Å². The Labute approximate surface area is 140 Å². The minimum atomic E-state index is -0.00324. The van der Waals surface area contributed by atoms with Crippen molar-refractivity contribution in [1.82, 2.24) is 9.80 Å². The predicted octanol–water partition coefficient (Wildman–Crippen LogP) is 2.59. The summed E-state index contributed by atoms with van der Waals surface area (Å²) in [5, 5.41) is 0. The summed E-state index contributed by atoms with van der Waals surface area (Å²) >= 11 is 0. The first kappa shape index (κ1) is 15.9. The number of carbonyl (C=O) groups excluding carboxylic acids is 1. The van der Waals surface area contributed by atoms with Crippen LogP contribution in [0.3, 0.4) is 0 Å². The van der Waals surface area contributed by atoms with Gasteiger partial charge in [0.05, 0.1) is 13.3 Å². The van der Waals surface area contributed by atoms with Crippen LogP contribution in [0.1, 0.15) is 45.4 Å². The molecule has 1 heterocycles. The molecule has 0 aromatic rings. The lowest BCUT2D eigenvalue weighted by atomic mass is 9.54. The van der Waals surface area contributed by atoms with E-state index in [1.807, 2.05) is 0 Å². The highest BCUT2D eigenvalue weighted by Crippen LogP contribution is 2.55. The minimum Gasteiger partial charge on any atom is -0.384 e. The normalized spacial score (nSPS) is 45.5. The molecule has 0 unspecified atom stereocenters. The standard InChI is InChI=1S/C19H32N2O2/c1-19(11-23-3)9-17(22)21(10-19)12-20(2)18-15-5-13-4-14(7-15)8-16(18)6-13/h13-16,18H,4-12H2,1-3H3/t13?,14?,15?,16?,18?,19-/m0/s1. The van der Waals surface area contributed by atoms with Gasteiger partial charge in [-0.2, -0.15) is 0 Å². The van der Waals surface area contributed by atoms with E-state index in [2.05, 4.69) is 23.8 Å². The van der Waals surface area contributed by atoms with Gasteiger partial charge in [0.1, 0.15) is 0 Å². The lowest BCUT2D eigenvalue weighted by Gasteiger charge is -2.57. The second-order valence-corrected chi connectivity index (χ2v) is 9.33. The van der Waals surface area contributed by atoms with Crippen molar-refractivity contribution in [2.75, 3.05) is 34.0 Å². The van der Waals surface area contributed by atoms with Gasteiger partial charge >= 0.3 is 0 Å². The van der Waals surface area contributed by atoms with Gasteiger partial charge in [0.25, 0.3) is 0 Å². The third-order valence-electron chi connectivity index (χ3n) is 7.08. The molecule has 0 aromatic carbocycles. The lowest BCUT2D eigenvalue weighted by molar-refractivity contribution is -0.132. The van der Waals surface area contributed by atoms with E-state index in [9.17, 15) is 4.79 Å². The van der Waals surface area contributed by atoms with Crippen molar-refractivity contribution in [2.45, 2.75) is 51.5 Å². The molecule has 4 nitrogen and oxygen atoms in total. The molecule has 1 atom stereocenters. The fraction of sp³-hybridized carbons (Fsp3) is 0.947. The molecule has 4 saturated carbocycles. The molecule has 23 heavy (non-hydrogen) atoms. The maximum Gasteiger partial charge on any atom is 0.224 e. The van der Waals surface area contributed by atoms with Crippen LogP contribution in [0.5, 0.6) is 0 Å². The number of carbonyl (C=O) groups is 1. The SMILES string of the molecule is COC[C@@]1(C)CC(=O)N(CN(C)C2C3CC4CC(C3)CC2C4)C1. The topological polar surface area (TPSA) is 32.8 Å². The van der Waals surface area contributed by atoms with Crippen LogP contribution in [-0.2, 0) is 9.53 Å². The van der Waals surface area contributed by atoms with E-state index in [0.29, 0.717) is 25.0 Å². The number of nitrogens with zero attached hydrogens (tertiary/aromatic N) is 2. The monoisotopic (exact) mass is 320 g/mol. The first-order valence-electron chi connectivity index (χ1n) is 9.44. The number of hydrogen-bond acceptors (Lipinski definition) is 3. The number of amides is 1. The van der Waals surface area contributed by atoms with Crippen molar-refractivity contribution in [3.05, 3.63) is 0 Å². The Hall–Kier alpha value is -0.610. The fourth-order valence-corrected chi connectivity index (χ4v) is 6.64. The zero-order chi connectivity index (χ0) is 16.2. The zero-order valence-corrected chi connectivity index (χ0v) is 15.0. The zero-order valence-electron chi connectivity index (χ0n) is 15.0. The van der Waals surface area contributed by atoms with Crippen molar-refractivity contribution in [3.63, 3.8) is 0 Å². The van der Waals surface area contributed by atoms with E-state index in [1.165, 1.54) is 32.1 Å². The van der Waals surface area contributed by atoms with Gasteiger partial charge in [0.2, 0.25) is 5.91 Å². The third-order valence-corrected chi connectivity index (χ3v) is 7.08. The molecule has 130 valence electrons. The van der Waals surface area contributed by atoms with Crippen molar-refractivity contribution in [2.24, 2.45) is 29.1 Å². The number of ether oxygens (including phenoxy) is 1. The second-order valence-electron chi connectivity index (χ2n) is 9.33. The average molecular weight is 320 g/mol. The summed E-state index contributed by atoms with van der Waals surface area (Å²) in [5.41, 5.74) is -0.00324. The van der Waals surface area contributed by atoms with Crippen molar-refractivity contribution < 1.29 is 9.53 Å². The van der Waals surface area contributed by atoms with Gasteiger partial charge in [-0.15, -0.1) is 0 Å². The quantitative estimate of drug-likeness (QED) is 0.780. The Morgan fingerprint density at radius 1 is 1.17 bits per heavy atom. The minimum absolute atomic E-state index is 0.00324. The molecule has 0 N–H and O–H groups in total. The molecule has 5 rings (SSSR count). The van der Waals surface area contributed by atoms with E-state index in [-0.39, 0.29) is 5.41 Å². The Balaban J connectivity index is 1.40. The highest BCUT2D eigenvalue weighted by molar-refractivity contribution is 5.79. The number of methoxy groups -OCH3 is 1. The fourth-order valence-electron chi connectivity index (χ4n) is 6.64. The van der Waals surface area contributed by atoms with E-state index < -0.39 is 0 Å². The first-order valence-corrected chi connectivity index (χ1v) is 9.44. The van der Waals surface area contributed by atoms with Crippen LogP contribution in [-0.4, -0.2) is 55.7 Å². The number of rotatable bonds is 5. The Morgan fingerprint density at radius 3 is 2.35 bits per heavy atom. The van der Waals surface area contributed by atoms with Gasteiger partial charge < -0.3 is 9.64 Å². The molecule has 1 amide bonds. The van der Waals surface area contributed by atoms with Crippen LogP contribution in [0.4, 0.5) is 0 Å². The molecule has 4 bridgehead atoms. The van der Waals surface area contributed by atoms with Crippen molar-refractivity contribution in [1.29, 1.82) is 0 Å². The van der Waals surface area contributed by atoms with Gasteiger partial charge in [-0.25, -0.2) is 0 Å². The van der Waals surface area contributed by atoms with Gasteiger partial charge in [0, 0.05) is 31.5 Å². The summed E-state index contributed by atoms with van der Waals surface area (Å²) in [7, 11) is 3.99. The summed E-state index contributed by atoms with van der Waals surface area (Å²) in [4.78, 5) is 17.0. The maximum absolute atomic E-state index is 12.4. The van der Waals surface area contributed by atoms with Gasteiger partial charge in [-0.1, -0.05) is 6.92 Å². The third kappa shape index (κ3) is 2.82. The largest absolute Gasteiger partial charge is 0.384 e. The maximum atomic E-state index is 12.4. The molecular formula is C19H32N2O2. The molecular weight excluding hydrogens is 288 g/mol. The van der Waals surface area contributed by atoms with Crippen LogP contribution >= 0.6 is 0 Å². The molecule has 5 aliphatic rings. The first-order chi connectivity index (χ1) is 11.0. The van der Waals surface area contributed by atoms with Crippen LogP contribution in [0.15, 0.2) is 0 Å². The molecule has 5 fully saturated rings. The van der Waals surface area contributed by atoms with E-state index in [4.69, 9.17) is 4.74 Å². The summed E-state index contributed by atoms with van der Waals surface area (Å²) in [6, 6.07) is 0.713. The van der Waals surface area contributed by atoms with E-state index in [0.717, 1.165) is 36.9 Å². The van der Waals surface area contributed by atoms with Gasteiger partial charge in [-0.3, -0.25) is 9.69 Å². The van der Waals surface area contributed by atoms with Gasteiger partial charge in [0.15, 0.2) is 0 Å². The highest BCUT2D eigenvalue weighted by Gasteiger charge is 2.50. The Morgan fingerprint density at radius 2 is 1.78 bits per heavy atom. The smallest absolute Gasteiger partial charge is 0.224 e. The van der Waals surface area contributed by atoms with Crippen LogP contribution in [0.25, 0.3) is 0 Å². The molecule has 1 aliphatic heterocycles. The summed E-state index contributed by atoms with van der Waals surface area (Å²) in [6.45, 7) is 4.51. The van der Waals surface area contributed by atoms with E-state index >= 15 is 0 Å². The molecule has 1 saturated heterocycles. The van der Waals surface area contributed by atoms with Gasteiger partial charge in [-0.05, 0) is 62.8 Å². The average Bonchev–Trinajstić information content (AvgIpc) is 2.72. The molecule has 0 radical (unpaired) electrons. The molecule has 4 heteroatoms. The van der Waals surface area contributed by atoms with E-state index in [1.54, 1.807) is 7.11 Å². The summed E-state index contributed by atoms with van der Waals surface area (Å²) < 4.78 is 5.33. The van der Waals surface area contributed by atoms with Crippen LogP contribution in [0, 0.1) is 29.1 Å². The van der Waals surface area contributed by atoms with Crippen LogP contribution in [0.2, 0.25) is 0 Å². The number of hydrogen-bond donors (Lipinski definition) is 0. The number of likely N-dealkylation sites (tertiary alicyclic amines) is 1. The summed E-state index contributed by atoms with van der Waals surface area (Å²) in [5.74, 6) is 4.11. The molecule has 4 aliphatic carbocycles. The van der Waals surface area contributed by atoms with Crippen LogP contribution < -0.4 is 0 Å². The molecule has 0 spiro atoms. The Kier molecular flexibility index (Phi) is 3.96.